The summed E-state index contributed by atoms with van der Waals surface area (Å²) in [6, 6.07) is 14.0. The van der Waals surface area contributed by atoms with Crippen LogP contribution in [0.5, 0.6) is 5.75 Å². The molecule has 0 fully saturated rings. The largest absolute Gasteiger partial charge is 0.496 e. The van der Waals surface area contributed by atoms with Gasteiger partial charge in [0.2, 0.25) is 0 Å². The zero-order chi connectivity index (χ0) is 16.9. The van der Waals surface area contributed by atoms with Crippen LogP contribution in [-0.4, -0.2) is 24.6 Å². The van der Waals surface area contributed by atoms with E-state index >= 15 is 0 Å². The summed E-state index contributed by atoms with van der Waals surface area (Å²) < 4.78 is 5.45. The number of hydrogen-bond acceptors (Lipinski definition) is 2. The van der Waals surface area contributed by atoms with Gasteiger partial charge >= 0.3 is 0 Å². The van der Waals surface area contributed by atoms with Crippen molar-refractivity contribution in [1.29, 1.82) is 0 Å². The number of aromatic amines is 1. The Kier molecular flexibility index (Phi) is 6.69. The van der Waals surface area contributed by atoms with E-state index in [9.17, 15) is 0 Å². The lowest BCUT2D eigenvalue weighted by atomic mass is 10.1. The van der Waals surface area contributed by atoms with Crippen LogP contribution in [0.25, 0.3) is 10.9 Å². The zero-order valence-electron chi connectivity index (χ0n) is 14.4. The molecule has 1 heterocycles. The lowest BCUT2D eigenvalue weighted by Crippen LogP contribution is -2.23. The molecular formula is C19H23IN4O. The number of H-pyrrole nitrogens is 1. The molecule has 4 N–H and O–H groups in total. The molecule has 5 nitrogen and oxygen atoms in total. The Labute approximate surface area is 164 Å². The van der Waals surface area contributed by atoms with E-state index in [-0.39, 0.29) is 24.0 Å². The van der Waals surface area contributed by atoms with Crippen molar-refractivity contribution in [3.8, 4) is 5.75 Å². The van der Waals surface area contributed by atoms with Gasteiger partial charge in [-0.15, -0.1) is 24.0 Å². The van der Waals surface area contributed by atoms with Crippen molar-refractivity contribution in [3.63, 3.8) is 0 Å². The number of fused-ring (bicyclic) bond motifs is 1. The number of methoxy groups -OCH3 is 1. The predicted octanol–water partition coefficient (Wildman–Crippen LogP) is 4.07. The maximum Gasteiger partial charge on any atom is 0.193 e. The van der Waals surface area contributed by atoms with E-state index in [2.05, 4.69) is 15.3 Å². The number of nitrogens with zero attached hydrogens (tertiary/aromatic N) is 1. The van der Waals surface area contributed by atoms with Gasteiger partial charge < -0.3 is 20.8 Å². The summed E-state index contributed by atoms with van der Waals surface area (Å²) in [5, 5.41) is 4.23. The summed E-state index contributed by atoms with van der Waals surface area (Å²) >= 11 is 0. The number of nitrogens with two attached hydrogens (primary N) is 1. The van der Waals surface area contributed by atoms with Gasteiger partial charge in [-0.05, 0) is 48.7 Å². The molecule has 132 valence electrons. The fourth-order valence-corrected chi connectivity index (χ4v) is 2.79. The number of hydrogen-bond donors (Lipinski definition) is 3. The smallest absolute Gasteiger partial charge is 0.193 e. The maximum atomic E-state index is 5.97. The van der Waals surface area contributed by atoms with Crippen LogP contribution >= 0.6 is 24.0 Å². The van der Waals surface area contributed by atoms with E-state index in [1.807, 2.05) is 55.6 Å². The maximum absolute atomic E-state index is 5.97. The van der Waals surface area contributed by atoms with Gasteiger partial charge in [-0.2, -0.15) is 0 Å². The first-order valence-corrected chi connectivity index (χ1v) is 7.94. The standard InChI is InChI=1S/C19H22N4O.HI/c1-13-5-3-6-15(11-13)23-19(20)21-10-9-14-12-22-16-7-4-8-17(24-2)18(14)16;/h3-8,11-12,22H,9-10H2,1-2H3,(H3,20,21,23);1H. The van der Waals surface area contributed by atoms with Gasteiger partial charge in [-0.1, -0.05) is 18.2 Å². The number of nitrogens with one attached hydrogen (secondary N) is 2. The Morgan fingerprint density at radius 1 is 1.24 bits per heavy atom. The third-order valence-electron chi connectivity index (χ3n) is 3.92. The molecule has 0 aliphatic rings. The molecule has 0 radical (unpaired) electrons. The summed E-state index contributed by atoms with van der Waals surface area (Å²) in [4.78, 5) is 7.69. The van der Waals surface area contributed by atoms with Gasteiger partial charge in [-0.25, -0.2) is 0 Å². The molecule has 6 heteroatoms. The third-order valence-corrected chi connectivity index (χ3v) is 3.92. The minimum Gasteiger partial charge on any atom is -0.496 e. The number of ether oxygens (including phenoxy) is 1. The lowest BCUT2D eigenvalue weighted by molar-refractivity contribution is 0.419. The van der Waals surface area contributed by atoms with Crippen LogP contribution < -0.4 is 15.8 Å². The van der Waals surface area contributed by atoms with Gasteiger partial charge in [-0.3, -0.25) is 4.99 Å². The van der Waals surface area contributed by atoms with Crippen molar-refractivity contribution in [2.24, 2.45) is 10.7 Å². The molecule has 25 heavy (non-hydrogen) atoms. The zero-order valence-corrected chi connectivity index (χ0v) is 16.7. The van der Waals surface area contributed by atoms with Crippen LogP contribution in [-0.2, 0) is 6.42 Å². The van der Waals surface area contributed by atoms with Gasteiger partial charge in [0.15, 0.2) is 5.96 Å². The van der Waals surface area contributed by atoms with Crippen molar-refractivity contribution in [1.82, 2.24) is 4.98 Å². The molecule has 0 spiro atoms. The molecule has 0 unspecified atom stereocenters. The van der Waals surface area contributed by atoms with Gasteiger partial charge in [0, 0.05) is 29.3 Å². The molecular weight excluding hydrogens is 427 g/mol. The Morgan fingerprint density at radius 3 is 2.80 bits per heavy atom. The number of aliphatic imine (C=N–C) groups is 1. The number of benzene rings is 2. The minimum atomic E-state index is 0. The van der Waals surface area contributed by atoms with E-state index in [1.54, 1.807) is 7.11 Å². The van der Waals surface area contributed by atoms with E-state index in [4.69, 9.17) is 10.5 Å². The fourth-order valence-electron chi connectivity index (χ4n) is 2.79. The molecule has 2 aromatic carbocycles. The van der Waals surface area contributed by atoms with Crippen molar-refractivity contribution in [2.75, 3.05) is 19.0 Å². The number of aromatic nitrogens is 1. The second kappa shape index (κ2) is 8.75. The van der Waals surface area contributed by atoms with E-state index < -0.39 is 0 Å². The van der Waals surface area contributed by atoms with Crippen LogP contribution in [0.15, 0.2) is 53.7 Å². The summed E-state index contributed by atoms with van der Waals surface area (Å²) in [5.74, 6) is 1.30. The average Bonchev–Trinajstić information content (AvgIpc) is 2.98. The molecule has 0 saturated heterocycles. The molecule has 0 aliphatic carbocycles. The topological polar surface area (TPSA) is 75.4 Å². The molecule has 0 atom stereocenters. The van der Waals surface area contributed by atoms with Crippen LogP contribution in [0.2, 0.25) is 0 Å². The molecule has 3 aromatic rings. The summed E-state index contributed by atoms with van der Waals surface area (Å²) in [6.07, 6.45) is 2.80. The Hall–Kier alpha value is -2.22. The summed E-state index contributed by atoms with van der Waals surface area (Å²) in [5.41, 5.74) is 10.3. The van der Waals surface area contributed by atoms with Crippen molar-refractivity contribution in [3.05, 3.63) is 59.8 Å². The molecule has 0 aliphatic heterocycles. The second-order valence-corrected chi connectivity index (χ2v) is 5.71. The predicted molar refractivity (Wildman–Crippen MR) is 115 cm³/mol. The number of halogens is 1. The molecule has 3 rings (SSSR count). The highest BCUT2D eigenvalue weighted by atomic mass is 127. The lowest BCUT2D eigenvalue weighted by Gasteiger charge is -2.07. The Balaban J connectivity index is 0.00000225. The van der Waals surface area contributed by atoms with Crippen LogP contribution in [0.3, 0.4) is 0 Å². The highest BCUT2D eigenvalue weighted by molar-refractivity contribution is 14.0. The van der Waals surface area contributed by atoms with Gasteiger partial charge in [0.1, 0.15) is 5.75 Å². The van der Waals surface area contributed by atoms with Crippen LogP contribution in [0.4, 0.5) is 5.69 Å². The van der Waals surface area contributed by atoms with Crippen LogP contribution in [0, 0.1) is 6.92 Å². The van der Waals surface area contributed by atoms with Crippen molar-refractivity contribution in [2.45, 2.75) is 13.3 Å². The van der Waals surface area contributed by atoms with Crippen LogP contribution in [0.1, 0.15) is 11.1 Å². The minimum absolute atomic E-state index is 0. The Bertz CT molecular complexity index is 873. The first-order chi connectivity index (χ1) is 11.7. The first kappa shape index (κ1) is 19.1. The van der Waals surface area contributed by atoms with Gasteiger partial charge in [0.25, 0.3) is 0 Å². The van der Waals surface area contributed by atoms with Gasteiger partial charge in [0.05, 0.1) is 7.11 Å². The molecule has 0 saturated carbocycles. The summed E-state index contributed by atoms with van der Waals surface area (Å²) in [6.45, 7) is 2.65. The van der Waals surface area contributed by atoms with Crippen molar-refractivity contribution >= 4 is 46.5 Å². The second-order valence-electron chi connectivity index (χ2n) is 5.71. The number of rotatable bonds is 5. The normalized spacial score (nSPS) is 11.2. The first-order valence-electron chi connectivity index (χ1n) is 7.94. The van der Waals surface area contributed by atoms with E-state index in [1.165, 1.54) is 11.1 Å². The Morgan fingerprint density at radius 2 is 2.04 bits per heavy atom. The molecule has 0 bridgehead atoms. The highest BCUT2D eigenvalue weighted by Gasteiger charge is 2.08. The SMILES string of the molecule is COc1cccc2[nH]cc(CCN=C(N)Nc3cccc(C)c3)c12.I. The van der Waals surface area contributed by atoms with Crippen molar-refractivity contribution < 1.29 is 4.74 Å². The highest BCUT2D eigenvalue weighted by Crippen LogP contribution is 2.28. The number of anilines is 1. The van der Waals surface area contributed by atoms with E-state index in [0.717, 1.165) is 28.8 Å². The number of aryl methyl sites for hydroxylation is 1. The summed E-state index contributed by atoms with van der Waals surface area (Å²) in [7, 11) is 1.69. The monoisotopic (exact) mass is 450 g/mol. The van der Waals surface area contributed by atoms with E-state index in [0.29, 0.717) is 12.5 Å². The quantitative estimate of drug-likeness (QED) is 0.312. The third kappa shape index (κ3) is 4.66. The average molecular weight is 450 g/mol. The molecule has 0 amide bonds. The fraction of sp³-hybridized carbons (Fsp3) is 0.211. The molecule has 1 aromatic heterocycles. The number of guanidine groups is 1.